The molecule has 0 fully saturated rings. The van der Waals surface area contributed by atoms with Gasteiger partial charge in [0.25, 0.3) is 10.0 Å². The first-order valence-corrected chi connectivity index (χ1v) is 12.2. The number of anilines is 2. The summed E-state index contributed by atoms with van der Waals surface area (Å²) >= 11 is 11.9. The Morgan fingerprint density at radius 2 is 1.58 bits per heavy atom. The van der Waals surface area contributed by atoms with Crippen molar-refractivity contribution in [2.45, 2.75) is 11.1 Å². The van der Waals surface area contributed by atoms with E-state index in [1.165, 1.54) is 44.6 Å². The maximum Gasteiger partial charge on any atom is 0.416 e. The minimum absolute atomic E-state index is 0.0700. The van der Waals surface area contributed by atoms with Crippen molar-refractivity contribution in [2.75, 3.05) is 30.4 Å². The van der Waals surface area contributed by atoms with Crippen molar-refractivity contribution >= 4 is 50.5 Å². The Bertz CT molecular complexity index is 1360. The van der Waals surface area contributed by atoms with E-state index >= 15 is 0 Å². The standard InChI is InChI=1S/C23H19Cl2F3N2O5S/c1-34-20-7-6-19(12-21(20)35-2)36(32,33)30(18-5-3-4-14(8-18)23(26,27)28)13-22(31)29-17-10-15(24)9-16(25)11-17/h3-12H,13H2,1-2H3,(H,29,31). The van der Waals surface area contributed by atoms with Gasteiger partial charge in [0.2, 0.25) is 5.91 Å². The van der Waals surface area contributed by atoms with Gasteiger partial charge in [0, 0.05) is 21.8 Å². The summed E-state index contributed by atoms with van der Waals surface area (Å²) in [6.07, 6.45) is -4.74. The molecule has 0 unspecified atom stereocenters. The highest BCUT2D eigenvalue weighted by molar-refractivity contribution is 7.92. The number of amides is 1. The van der Waals surface area contributed by atoms with Crippen LogP contribution in [0.4, 0.5) is 24.5 Å². The predicted molar refractivity (Wildman–Crippen MR) is 131 cm³/mol. The number of alkyl halides is 3. The summed E-state index contributed by atoms with van der Waals surface area (Å²) in [7, 11) is -1.91. The van der Waals surface area contributed by atoms with Gasteiger partial charge in [0.05, 0.1) is 30.4 Å². The molecule has 1 amide bonds. The zero-order valence-electron chi connectivity index (χ0n) is 18.8. The smallest absolute Gasteiger partial charge is 0.416 e. The fourth-order valence-electron chi connectivity index (χ4n) is 3.21. The molecule has 7 nitrogen and oxygen atoms in total. The number of sulfonamides is 1. The highest BCUT2D eigenvalue weighted by Gasteiger charge is 2.33. The number of carbonyl (C=O) groups is 1. The second-order valence-electron chi connectivity index (χ2n) is 7.28. The van der Waals surface area contributed by atoms with E-state index in [2.05, 4.69) is 5.32 Å². The van der Waals surface area contributed by atoms with Gasteiger partial charge < -0.3 is 14.8 Å². The van der Waals surface area contributed by atoms with Gasteiger partial charge in [-0.15, -0.1) is 0 Å². The maximum atomic E-state index is 13.6. The van der Waals surface area contributed by atoms with E-state index in [1.807, 2.05) is 0 Å². The fraction of sp³-hybridized carbons (Fsp3) is 0.174. The molecule has 0 bridgehead atoms. The molecule has 3 aromatic rings. The van der Waals surface area contributed by atoms with E-state index in [-0.39, 0.29) is 37.8 Å². The van der Waals surface area contributed by atoms with Crippen LogP contribution in [0.3, 0.4) is 0 Å². The number of rotatable bonds is 8. The molecule has 0 saturated heterocycles. The third-order valence-electron chi connectivity index (χ3n) is 4.84. The van der Waals surface area contributed by atoms with Gasteiger partial charge in [-0.1, -0.05) is 29.3 Å². The molecule has 192 valence electrons. The van der Waals surface area contributed by atoms with E-state index in [0.717, 1.165) is 24.3 Å². The van der Waals surface area contributed by atoms with Crippen molar-refractivity contribution in [1.82, 2.24) is 0 Å². The van der Waals surface area contributed by atoms with Crippen LogP contribution < -0.4 is 19.1 Å². The molecule has 0 aliphatic carbocycles. The van der Waals surface area contributed by atoms with E-state index in [0.29, 0.717) is 10.4 Å². The molecule has 0 aromatic heterocycles. The molecule has 0 spiro atoms. The number of halogens is 5. The first kappa shape index (κ1) is 27.4. The topological polar surface area (TPSA) is 84.9 Å². The first-order chi connectivity index (χ1) is 16.8. The molecule has 36 heavy (non-hydrogen) atoms. The first-order valence-electron chi connectivity index (χ1n) is 10.0. The highest BCUT2D eigenvalue weighted by Crippen LogP contribution is 2.35. The second-order valence-corrected chi connectivity index (χ2v) is 10.0. The Labute approximate surface area is 215 Å². The third kappa shape index (κ3) is 6.34. The van der Waals surface area contributed by atoms with Crippen LogP contribution in [0.1, 0.15) is 5.56 Å². The second kappa shape index (κ2) is 10.9. The molecular weight excluding hydrogens is 544 g/mol. The molecule has 0 atom stereocenters. The average molecular weight is 563 g/mol. The summed E-state index contributed by atoms with van der Waals surface area (Å²) in [5, 5.41) is 2.88. The van der Waals surface area contributed by atoms with Gasteiger partial charge in [-0.05, 0) is 48.5 Å². The van der Waals surface area contributed by atoms with Gasteiger partial charge >= 0.3 is 6.18 Å². The lowest BCUT2D eigenvalue weighted by molar-refractivity contribution is -0.137. The molecule has 0 heterocycles. The summed E-state index contributed by atoms with van der Waals surface area (Å²) in [4.78, 5) is 12.5. The van der Waals surface area contributed by atoms with Crippen LogP contribution in [0.15, 0.2) is 65.6 Å². The van der Waals surface area contributed by atoms with Crippen LogP contribution >= 0.6 is 23.2 Å². The number of ether oxygens (including phenoxy) is 2. The Morgan fingerprint density at radius 3 is 2.17 bits per heavy atom. The number of carbonyl (C=O) groups excluding carboxylic acids is 1. The summed E-state index contributed by atoms with van der Waals surface area (Å²) in [6.45, 7) is -0.859. The number of benzene rings is 3. The van der Waals surface area contributed by atoms with Crippen molar-refractivity contribution in [3.05, 3.63) is 76.3 Å². The van der Waals surface area contributed by atoms with Crippen molar-refractivity contribution in [2.24, 2.45) is 0 Å². The van der Waals surface area contributed by atoms with E-state index < -0.39 is 34.2 Å². The number of hydrogen-bond acceptors (Lipinski definition) is 5. The lowest BCUT2D eigenvalue weighted by atomic mass is 10.2. The summed E-state index contributed by atoms with van der Waals surface area (Å²) in [5.74, 6) is -0.548. The number of methoxy groups -OCH3 is 2. The van der Waals surface area contributed by atoms with Crippen molar-refractivity contribution in [3.8, 4) is 11.5 Å². The van der Waals surface area contributed by atoms with Gasteiger partial charge in [0.1, 0.15) is 6.54 Å². The third-order valence-corrected chi connectivity index (χ3v) is 7.04. The minimum Gasteiger partial charge on any atom is -0.493 e. The van der Waals surface area contributed by atoms with Gasteiger partial charge in [-0.3, -0.25) is 9.10 Å². The van der Waals surface area contributed by atoms with Crippen LogP contribution in [-0.2, 0) is 21.0 Å². The van der Waals surface area contributed by atoms with Crippen LogP contribution in [0, 0.1) is 0 Å². The zero-order chi connectivity index (χ0) is 26.7. The van der Waals surface area contributed by atoms with Crippen LogP contribution in [0.5, 0.6) is 11.5 Å². The van der Waals surface area contributed by atoms with Crippen LogP contribution in [-0.4, -0.2) is 35.1 Å². The number of hydrogen-bond donors (Lipinski definition) is 1. The maximum absolute atomic E-state index is 13.6. The van der Waals surface area contributed by atoms with Crippen LogP contribution in [0.2, 0.25) is 10.0 Å². The van der Waals surface area contributed by atoms with Crippen molar-refractivity contribution < 1.29 is 35.9 Å². The van der Waals surface area contributed by atoms with Crippen molar-refractivity contribution in [1.29, 1.82) is 0 Å². The predicted octanol–water partition coefficient (Wildman–Crippen LogP) is 5.86. The Balaban J connectivity index is 2.07. The van der Waals surface area contributed by atoms with E-state index in [1.54, 1.807) is 0 Å². The Morgan fingerprint density at radius 1 is 0.944 bits per heavy atom. The SMILES string of the molecule is COc1ccc(S(=O)(=O)N(CC(=O)Nc2cc(Cl)cc(Cl)c2)c2cccc(C(F)(F)F)c2)cc1OC. The fourth-order valence-corrected chi connectivity index (χ4v) is 5.17. The Kier molecular flexibility index (Phi) is 8.27. The van der Waals surface area contributed by atoms with Gasteiger partial charge in [-0.25, -0.2) is 8.42 Å². The van der Waals surface area contributed by atoms with E-state index in [4.69, 9.17) is 32.7 Å². The molecular formula is C23H19Cl2F3N2O5S. The average Bonchev–Trinajstić information content (AvgIpc) is 2.80. The number of nitrogens with zero attached hydrogens (tertiary/aromatic N) is 1. The zero-order valence-corrected chi connectivity index (χ0v) is 21.1. The van der Waals surface area contributed by atoms with E-state index in [9.17, 15) is 26.4 Å². The summed E-state index contributed by atoms with van der Waals surface area (Å²) in [6, 6.07) is 11.5. The molecule has 3 rings (SSSR count). The molecule has 0 radical (unpaired) electrons. The van der Waals surface area contributed by atoms with Crippen LogP contribution in [0.25, 0.3) is 0 Å². The molecule has 0 saturated carbocycles. The monoisotopic (exact) mass is 562 g/mol. The van der Waals surface area contributed by atoms with Gasteiger partial charge in [-0.2, -0.15) is 13.2 Å². The van der Waals surface area contributed by atoms with Gasteiger partial charge in [0.15, 0.2) is 11.5 Å². The summed E-state index contributed by atoms with van der Waals surface area (Å²) in [5.41, 5.74) is -1.29. The molecule has 13 heteroatoms. The normalized spacial score (nSPS) is 11.6. The quantitative estimate of drug-likeness (QED) is 0.371. The molecule has 0 aliphatic heterocycles. The minimum atomic E-state index is -4.74. The molecule has 0 aliphatic rings. The summed E-state index contributed by atoms with van der Waals surface area (Å²) < 4.78 is 78.0. The molecule has 3 aromatic carbocycles. The Hall–Kier alpha value is -3.15. The highest BCUT2D eigenvalue weighted by atomic mass is 35.5. The van der Waals surface area contributed by atoms with Crippen molar-refractivity contribution in [3.63, 3.8) is 0 Å². The molecule has 1 N–H and O–H groups in total. The lowest BCUT2D eigenvalue weighted by Gasteiger charge is -2.25. The largest absolute Gasteiger partial charge is 0.493 e. The number of nitrogens with one attached hydrogen (secondary N) is 1. The lowest BCUT2D eigenvalue weighted by Crippen LogP contribution is -2.38.